The van der Waals surface area contributed by atoms with E-state index < -0.39 is 10.6 Å². The van der Waals surface area contributed by atoms with Gasteiger partial charge in [0, 0.05) is 28.0 Å². The van der Waals surface area contributed by atoms with E-state index in [9.17, 15) is 9.59 Å². The number of para-hydroxylation sites is 1. The second kappa shape index (κ2) is 6.46. The van der Waals surface area contributed by atoms with Crippen LogP contribution in [0.1, 0.15) is 5.56 Å². The third-order valence-corrected chi connectivity index (χ3v) is 5.35. The first-order valence-electron chi connectivity index (χ1n) is 8.66. The van der Waals surface area contributed by atoms with Crippen molar-refractivity contribution in [2.24, 2.45) is 0 Å². The van der Waals surface area contributed by atoms with Crippen LogP contribution in [0.15, 0.2) is 65.5 Å². The van der Waals surface area contributed by atoms with Gasteiger partial charge in [0.15, 0.2) is 0 Å². The zero-order valence-electron chi connectivity index (χ0n) is 15.3. The second-order valence-corrected chi connectivity index (χ2v) is 7.12. The monoisotopic (exact) mass is 407 g/mol. The molecule has 5 rings (SSSR count). The van der Waals surface area contributed by atoms with Crippen molar-refractivity contribution in [1.82, 2.24) is 4.37 Å². The number of ether oxygens (including phenoxy) is 1. The minimum absolute atomic E-state index is 0.0367. The Kier molecular flexibility index (Phi) is 3.88. The van der Waals surface area contributed by atoms with Crippen LogP contribution < -0.4 is 15.3 Å². The predicted octanol–water partition coefficient (Wildman–Crippen LogP) is 4.60. The molecule has 0 fully saturated rings. The highest BCUT2D eigenvalue weighted by Crippen LogP contribution is 2.38. The Morgan fingerprint density at radius 2 is 1.83 bits per heavy atom. The Hall–Kier alpha value is -3.65. The van der Waals surface area contributed by atoms with E-state index in [1.807, 2.05) is 30.3 Å². The van der Waals surface area contributed by atoms with E-state index in [2.05, 4.69) is 4.37 Å². The first-order chi connectivity index (χ1) is 14.1. The summed E-state index contributed by atoms with van der Waals surface area (Å²) in [6, 6.07) is 11.2. The SMILES string of the molecule is COc1ccccc1-c1coc2cc3oc(=O)c(-c4nsc(=O)o4)c(C)c3cc12. The van der Waals surface area contributed by atoms with Gasteiger partial charge in [0.1, 0.15) is 22.5 Å². The average Bonchev–Trinajstić information content (AvgIpc) is 3.32. The van der Waals surface area contributed by atoms with Gasteiger partial charge in [-0.05, 0) is 24.6 Å². The van der Waals surface area contributed by atoms with Crippen LogP contribution in [0.3, 0.4) is 0 Å². The van der Waals surface area contributed by atoms with E-state index >= 15 is 0 Å². The van der Waals surface area contributed by atoms with E-state index in [0.29, 0.717) is 33.6 Å². The van der Waals surface area contributed by atoms with Crippen LogP contribution in [-0.2, 0) is 0 Å². The summed E-state index contributed by atoms with van der Waals surface area (Å²) >= 11 is 0.648. The zero-order chi connectivity index (χ0) is 20.1. The van der Waals surface area contributed by atoms with Gasteiger partial charge < -0.3 is 18.0 Å². The lowest BCUT2D eigenvalue weighted by atomic mass is 10.00. The lowest BCUT2D eigenvalue weighted by Gasteiger charge is -2.08. The second-order valence-electron chi connectivity index (χ2n) is 6.42. The summed E-state index contributed by atoms with van der Waals surface area (Å²) in [5, 5.41) is 1.53. The van der Waals surface area contributed by atoms with Crippen LogP contribution >= 0.6 is 11.5 Å². The smallest absolute Gasteiger partial charge is 0.414 e. The Labute approximate surface area is 166 Å². The fourth-order valence-electron chi connectivity index (χ4n) is 3.49. The number of furan rings is 1. The molecule has 2 aromatic carbocycles. The zero-order valence-corrected chi connectivity index (χ0v) is 16.2. The van der Waals surface area contributed by atoms with Gasteiger partial charge in [0.05, 0.1) is 24.9 Å². The van der Waals surface area contributed by atoms with Crippen LogP contribution in [0.4, 0.5) is 0 Å². The summed E-state index contributed by atoms with van der Waals surface area (Å²) in [6.45, 7) is 1.77. The van der Waals surface area contributed by atoms with Gasteiger partial charge in [-0.1, -0.05) is 18.2 Å². The number of methoxy groups -OCH3 is 1. The molecule has 0 atom stereocenters. The average molecular weight is 407 g/mol. The van der Waals surface area contributed by atoms with Gasteiger partial charge in [-0.2, -0.15) is 0 Å². The van der Waals surface area contributed by atoms with Crippen LogP contribution in [-0.4, -0.2) is 11.5 Å². The van der Waals surface area contributed by atoms with Gasteiger partial charge >= 0.3 is 10.6 Å². The van der Waals surface area contributed by atoms with Gasteiger partial charge in [-0.25, -0.2) is 9.59 Å². The highest BCUT2D eigenvalue weighted by molar-refractivity contribution is 7.02. The third kappa shape index (κ3) is 2.68. The number of nitrogens with zero attached hydrogens (tertiary/aromatic N) is 1. The lowest BCUT2D eigenvalue weighted by molar-refractivity contribution is 0.416. The van der Waals surface area contributed by atoms with Gasteiger partial charge in [-0.15, -0.1) is 4.37 Å². The molecule has 7 nitrogen and oxygen atoms in total. The molecule has 0 bridgehead atoms. The maximum atomic E-state index is 12.5. The minimum atomic E-state index is -0.625. The molecule has 144 valence electrons. The number of fused-ring (bicyclic) bond motifs is 2. The normalized spacial score (nSPS) is 11.4. The maximum Gasteiger partial charge on any atom is 0.414 e. The summed E-state index contributed by atoms with van der Waals surface area (Å²) in [7, 11) is 1.61. The molecule has 29 heavy (non-hydrogen) atoms. The van der Waals surface area contributed by atoms with E-state index in [1.54, 1.807) is 26.4 Å². The standard InChI is InChI=1S/C21H13NO6S/c1-10-12-7-13-14(11-5-3-4-6-15(11)25-2)9-26-16(13)8-17(12)27-20(23)18(10)19-22-29-21(24)28-19/h3-9H,1-2H3. The minimum Gasteiger partial charge on any atom is -0.496 e. The largest absolute Gasteiger partial charge is 0.496 e. The fraction of sp³-hybridized carbons (Fsp3) is 0.0952. The van der Waals surface area contributed by atoms with Crippen LogP contribution in [0.2, 0.25) is 0 Å². The van der Waals surface area contributed by atoms with Crippen LogP contribution in [0.5, 0.6) is 5.75 Å². The fourth-order valence-corrected chi connectivity index (χ4v) is 3.89. The first-order valence-corrected chi connectivity index (χ1v) is 9.43. The molecule has 0 N–H and O–H groups in total. The topological polar surface area (TPSA) is 95.7 Å². The molecule has 5 aromatic rings. The molecule has 0 spiro atoms. The quantitative estimate of drug-likeness (QED) is 0.403. The predicted molar refractivity (Wildman–Crippen MR) is 109 cm³/mol. The summed E-state index contributed by atoms with van der Waals surface area (Å²) in [5.74, 6) is 0.682. The van der Waals surface area contributed by atoms with E-state index in [-0.39, 0.29) is 11.5 Å². The molecular weight excluding hydrogens is 394 g/mol. The highest BCUT2D eigenvalue weighted by Gasteiger charge is 2.20. The van der Waals surface area contributed by atoms with Crippen molar-refractivity contribution in [1.29, 1.82) is 0 Å². The van der Waals surface area contributed by atoms with Crippen molar-refractivity contribution < 1.29 is 18.0 Å². The third-order valence-electron chi connectivity index (χ3n) is 4.86. The Morgan fingerprint density at radius 1 is 1.00 bits per heavy atom. The summed E-state index contributed by atoms with van der Waals surface area (Å²) < 4.78 is 25.6. The van der Waals surface area contributed by atoms with Crippen molar-refractivity contribution >= 4 is 33.5 Å². The Balaban J connectivity index is 1.82. The van der Waals surface area contributed by atoms with Gasteiger partial charge in [-0.3, -0.25) is 0 Å². The van der Waals surface area contributed by atoms with E-state index in [1.165, 1.54) is 0 Å². The number of aromatic nitrogens is 1. The first kappa shape index (κ1) is 17.4. The molecule has 0 aliphatic heterocycles. The molecule has 0 saturated heterocycles. The number of benzene rings is 2. The van der Waals surface area contributed by atoms with Gasteiger partial charge in [0.25, 0.3) is 0 Å². The number of rotatable bonds is 3. The Morgan fingerprint density at radius 3 is 2.59 bits per heavy atom. The number of hydrogen-bond acceptors (Lipinski definition) is 8. The van der Waals surface area contributed by atoms with Crippen molar-refractivity contribution in [3.8, 4) is 28.3 Å². The summed E-state index contributed by atoms with van der Waals surface area (Å²) in [4.78, 5) is 23.3. The van der Waals surface area contributed by atoms with Crippen LogP contribution in [0, 0.1) is 6.92 Å². The van der Waals surface area contributed by atoms with Crippen molar-refractivity contribution in [3.05, 3.63) is 68.4 Å². The maximum absolute atomic E-state index is 12.5. The number of hydrogen-bond donors (Lipinski definition) is 0. The molecule has 0 aliphatic carbocycles. The lowest BCUT2D eigenvalue weighted by Crippen LogP contribution is -2.06. The molecule has 0 amide bonds. The molecule has 0 radical (unpaired) electrons. The van der Waals surface area contributed by atoms with Crippen LogP contribution in [0.25, 0.3) is 44.5 Å². The molecule has 0 aliphatic rings. The Bertz CT molecular complexity index is 1500. The molecule has 3 aromatic heterocycles. The molecule has 0 unspecified atom stereocenters. The van der Waals surface area contributed by atoms with Crippen molar-refractivity contribution in [2.75, 3.05) is 7.11 Å². The number of aryl methyl sites for hydroxylation is 1. The molecular formula is C21H13NO6S. The molecule has 8 heteroatoms. The van der Waals surface area contributed by atoms with E-state index in [0.717, 1.165) is 22.3 Å². The molecule has 0 saturated carbocycles. The van der Waals surface area contributed by atoms with E-state index in [4.69, 9.17) is 18.0 Å². The molecule has 3 heterocycles. The van der Waals surface area contributed by atoms with Crippen molar-refractivity contribution in [2.45, 2.75) is 6.92 Å². The summed E-state index contributed by atoms with van der Waals surface area (Å²) in [5.41, 5.74) is 2.81. The highest BCUT2D eigenvalue weighted by atomic mass is 32.1. The van der Waals surface area contributed by atoms with Gasteiger partial charge in [0.2, 0.25) is 5.89 Å². The van der Waals surface area contributed by atoms with Crippen molar-refractivity contribution in [3.63, 3.8) is 0 Å². The summed E-state index contributed by atoms with van der Waals surface area (Å²) in [6.07, 6.45) is 1.65.